The van der Waals surface area contributed by atoms with Gasteiger partial charge in [0.15, 0.2) is 0 Å². The molecule has 4 aromatic carbocycles. The van der Waals surface area contributed by atoms with Crippen molar-refractivity contribution in [3.05, 3.63) is 125 Å². The third-order valence-corrected chi connectivity index (χ3v) is 6.93. The Hall–Kier alpha value is -3.81. The molecule has 222 valence electrons. The van der Waals surface area contributed by atoms with Crippen LogP contribution in [0.5, 0.6) is 11.5 Å². The number of halogens is 1. The maximum Gasteiger partial charge on any atom is 0.316 e. The minimum Gasteiger partial charge on any atom is -0.489 e. The number of rotatable bonds is 16. The van der Waals surface area contributed by atoms with Gasteiger partial charge in [-0.2, -0.15) is 0 Å². The van der Waals surface area contributed by atoms with Crippen molar-refractivity contribution >= 4 is 28.7 Å². The van der Waals surface area contributed by atoms with Gasteiger partial charge in [0, 0.05) is 0 Å². The Morgan fingerprint density at radius 2 is 1.38 bits per heavy atom. The Morgan fingerprint density at radius 1 is 0.714 bits per heavy atom. The number of hydrogen-bond donors (Lipinski definition) is 3. The summed E-state index contributed by atoms with van der Waals surface area (Å²) in [6.07, 6.45) is 5.16. The van der Waals surface area contributed by atoms with Crippen LogP contribution >= 0.6 is 17.0 Å². The lowest BCUT2D eigenvalue weighted by molar-refractivity contribution is 0.259. The highest BCUT2D eigenvalue weighted by molar-refractivity contribution is 8.93. The first-order valence-corrected chi connectivity index (χ1v) is 14.5. The number of benzene rings is 4. The summed E-state index contributed by atoms with van der Waals surface area (Å²) in [5, 5.41) is 6.28. The Labute approximate surface area is 260 Å². The fourth-order valence-corrected chi connectivity index (χ4v) is 4.68. The predicted octanol–water partition coefficient (Wildman–Crippen LogP) is 7.63. The average Bonchev–Trinajstić information content (AvgIpc) is 2.99. The lowest BCUT2D eigenvalue weighted by Gasteiger charge is -2.15. The Morgan fingerprint density at radius 3 is 2.05 bits per heavy atom. The van der Waals surface area contributed by atoms with Gasteiger partial charge in [0.25, 0.3) is 0 Å². The van der Waals surface area contributed by atoms with Crippen LogP contribution in [-0.2, 0) is 32.5 Å². The molecule has 0 fully saturated rings. The van der Waals surface area contributed by atoms with E-state index in [4.69, 9.17) is 15.2 Å². The normalized spacial score (nSPS) is 10.5. The van der Waals surface area contributed by atoms with Crippen molar-refractivity contribution in [3.8, 4) is 11.5 Å². The number of amides is 2. The van der Waals surface area contributed by atoms with Crippen LogP contribution in [0.3, 0.4) is 0 Å². The van der Waals surface area contributed by atoms with Gasteiger partial charge in [0.05, 0.1) is 5.69 Å². The second-order valence-corrected chi connectivity index (χ2v) is 10.2. The molecule has 0 atom stereocenters. The lowest BCUT2D eigenvalue weighted by atomic mass is 9.99. The number of nitrogens with two attached hydrogens (primary N) is 1. The van der Waals surface area contributed by atoms with E-state index in [0.717, 1.165) is 62.1 Å². The molecule has 0 radical (unpaired) electrons. The monoisotopic (exact) mass is 631 g/mol. The van der Waals surface area contributed by atoms with Gasteiger partial charge in [0.2, 0.25) is 0 Å². The summed E-state index contributed by atoms with van der Waals surface area (Å²) in [4.78, 5) is 11.6. The van der Waals surface area contributed by atoms with Crippen molar-refractivity contribution in [2.45, 2.75) is 52.2 Å². The number of unbranched alkanes of at least 4 members (excludes halogenated alkanes) is 1. The predicted molar refractivity (Wildman–Crippen MR) is 177 cm³/mol. The third kappa shape index (κ3) is 10.9. The van der Waals surface area contributed by atoms with Gasteiger partial charge in [-0.3, -0.25) is 0 Å². The molecule has 0 aliphatic rings. The van der Waals surface area contributed by atoms with E-state index in [1.54, 1.807) is 0 Å². The number of anilines is 1. The smallest absolute Gasteiger partial charge is 0.316 e. The number of primary amides is 1. The summed E-state index contributed by atoms with van der Waals surface area (Å²) in [5.41, 5.74) is 12.1. The molecule has 4 rings (SSSR count). The molecule has 0 heterocycles. The second-order valence-electron chi connectivity index (χ2n) is 10.2. The molecule has 0 unspecified atom stereocenters. The van der Waals surface area contributed by atoms with E-state index in [2.05, 4.69) is 47.9 Å². The summed E-state index contributed by atoms with van der Waals surface area (Å²) in [5.74, 6) is 1.52. The van der Waals surface area contributed by atoms with Gasteiger partial charge in [-0.1, -0.05) is 86.1 Å². The van der Waals surface area contributed by atoms with E-state index in [1.807, 2.05) is 66.7 Å². The van der Waals surface area contributed by atoms with Crippen molar-refractivity contribution in [1.29, 1.82) is 0 Å². The van der Waals surface area contributed by atoms with Crippen LogP contribution in [0.4, 0.5) is 10.5 Å². The molecular weight excluding hydrogens is 590 g/mol. The molecule has 0 aliphatic heterocycles. The Kier molecular flexibility index (Phi) is 13.9. The van der Waals surface area contributed by atoms with Crippen molar-refractivity contribution in [3.63, 3.8) is 0 Å². The zero-order valence-electron chi connectivity index (χ0n) is 24.3. The molecule has 0 aromatic heterocycles. The highest BCUT2D eigenvalue weighted by atomic mass is 79.9. The highest BCUT2D eigenvalue weighted by Gasteiger charge is 2.09. The van der Waals surface area contributed by atoms with Gasteiger partial charge in [-0.05, 0) is 90.9 Å². The molecule has 0 saturated heterocycles. The number of carbonyl (C=O) groups excluding carboxylic acids is 1. The molecular formula is C35H42BrN3O3. The van der Waals surface area contributed by atoms with Gasteiger partial charge < -0.3 is 25.8 Å². The summed E-state index contributed by atoms with van der Waals surface area (Å²) >= 11 is 0. The number of urea groups is 1. The second kappa shape index (κ2) is 17.9. The molecule has 4 aromatic rings. The zero-order chi connectivity index (χ0) is 28.7. The number of hydrogen-bond acceptors (Lipinski definition) is 4. The fraction of sp³-hybridized carbons (Fsp3) is 0.286. The van der Waals surface area contributed by atoms with E-state index in [1.165, 1.54) is 16.7 Å². The van der Waals surface area contributed by atoms with Gasteiger partial charge in [-0.25, -0.2) is 4.79 Å². The fourth-order valence-electron chi connectivity index (χ4n) is 4.68. The average molecular weight is 633 g/mol. The molecule has 0 aliphatic carbocycles. The molecule has 0 bridgehead atoms. The maximum absolute atomic E-state index is 11.6. The molecule has 42 heavy (non-hydrogen) atoms. The molecule has 7 heteroatoms. The van der Waals surface area contributed by atoms with E-state index >= 15 is 0 Å². The maximum atomic E-state index is 11.6. The molecule has 0 saturated carbocycles. The summed E-state index contributed by atoms with van der Waals surface area (Å²) < 4.78 is 12.0. The Bertz CT molecular complexity index is 1370. The summed E-state index contributed by atoms with van der Waals surface area (Å²) in [6, 6.07) is 31.9. The van der Waals surface area contributed by atoms with Crippen LogP contribution in [0.25, 0.3) is 0 Å². The van der Waals surface area contributed by atoms with Crippen LogP contribution in [0.1, 0.15) is 47.6 Å². The number of carbonyl (C=O) groups is 1. The van der Waals surface area contributed by atoms with Gasteiger partial charge in [-0.15, -0.1) is 17.0 Å². The number of aryl methyl sites for hydroxylation is 1. The SMILES string of the molecule is Br.CCCCc1cc(OCc2ccccc2)ccc1CCNCCc1ccc(OCc2ccccc2)c(NC(N)=O)c1. The van der Waals surface area contributed by atoms with Crippen molar-refractivity contribution < 1.29 is 14.3 Å². The first kappa shape index (κ1) is 32.7. The van der Waals surface area contributed by atoms with Crippen LogP contribution in [-0.4, -0.2) is 19.1 Å². The van der Waals surface area contributed by atoms with Crippen molar-refractivity contribution in [2.24, 2.45) is 5.73 Å². The molecule has 2 amide bonds. The van der Waals surface area contributed by atoms with Gasteiger partial charge in [0.1, 0.15) is 24.7 Å². The first-order chi connectivity index (χ1) is 20.1. The van der Waals surface area contributed by atoms with Crippen LogP contribution in [0.15, 0.2) is 97.1 Å². The number of nitrogens with one attached hydrogen (secondary N) is 2. The topological polar surface area (TPSA) is 85.6 Å². The number of ether oxygens (including phenoxy) is 2. The minimum absolute atomic E-state index is 0. The van der Waals surface area contributed by atoms with E-state index in [-0.39, 0.29) is 17.0 Å². The lowest BCUT2D eigenvalue weighted by Crippen LogP contribution is -2.21. The summed E-state index contributed by atoms with van der Waals surface area (Å²) in [6.45, 7) is 4.92. The minimum atomic E-state index is -0.611. The molecule has 4 N–H and O–H groups in total. The van der Waals surface area contributed by atoms with Crippen molar-refractivity contribution in [1.82, 2.24) is 5.32 Å². The van der Waals surface area contributed by atoms with Gasteiger partial charge >= 0.3 is 6.03 Å². The zero-order valence-corrected chi connectivity index (χ0v) is 26.0. The van der Waals surface area contributed by atoms with E-state index < -0.39 is 6.03 Å². The van der Waals surface area contributed by atoms with Crippen LogP contribution < -0.4 is 25.8 Å². The van der Waals surface area contributed by atoms with E-state index in [9.17, 15) is 4.79 Å². The quantitative estimate of drug-likeness (QED) is 0.111. The van der Waals surface area contributed by atoms with Crippen LogP contribution in [0.2, 0.25) is 0 Å². The standard InChI is InChI=1S/C35H41N3O3.BrH/c1-2-3-14-31-24-32(40-25-28-10-6-4-7-11-28)17-16-30(31)20-22-37-21-19-27-15-18-34(33(23-27)38-35(36)39)41-26-29-12-8-5-9-13-29;/h4-13,15-18,23-24,37H,2-3,14,19-22,25-26H2,1H3,(H3,36,38,39);1H. The Balaban J connectivity index is 0.00000484. The first-order valence-electron chi connectivity index (χ1n) is 14.5. The highest BCUT2D eigenvalue weighted by Crippen LogP contribution is 2.27. The molecule has 6 nitrogen and oxygen atoms in total. The third-order valence-electron chi connectivity index (χ3n) is 6.93. The van der Waals surface area contributed by atoms with E-state index in [0.29, 0.717) is 24.7 Å². The summed E-state index contributed by atoms with van der Waals surface area (Å²) in [7, 11) is 0. The largest absolute Gasteiger partial charge is 0.489 e. The van der Waals surface area contributed by atoms with Crippen LogP contribution in [0, 0.1) is 0 Å². The molecule has 0 spiro atoms. The van der Waals surface area contributed by atoms with Crippen molar-refractivity contribution in [2.75, 3.05) is 18.4 Å².